The molecular formula is C10H23N3O. The number of nitrogens with zero attached hydrogens (tertiary/aromatic N) is 1. The average molecular weight is 201 g/mol. The van der Waals surface area contributed by atoms with E-state index in [1.54, 1.807) is 0 Å². The van der Waals surface area contributed by atoms with Gasteiger partial charge in [0.05, 0.1) is 0 Å². The van der Waals surface area contributed by atoms with E-state index in [0.717, 1.165) is 19.5 Å². The van der Waals surface area contributed by atoms with E-state index in [9.17, 15) is 4.79 Å². The summed E-state index contributed by atoms with van der Waals surface area (Å²) in [6.07, 6.45) is 2.33. The third-order valence-electron chi connectivity index (χ3n) is 2.15. The SMILES string of the molecule is CC(CNCCCCN(C)C)C(N)=O. The van der Waals surface area contributed by atoms with Crippen molar-refractivity contribution in [3.63, 3.8) is 0 Å². The molecule has 4 nitrogen and oxygen atoms in total. The Kier molecular flexibility index (Phi) is 7.42. The van der Waals surface area contributed by atoms with Crippen molar-refractivity contribution in [1.82, 2.24) is 10.2 Å². The van der Waals surface area contributed by atoms with Crippen molar-refractivity contribution in [2.45, 2.75) is 19.8 Å². The second-order valence-corrected chi connectivity index (χ2v) is 4.02. The molecule has 0 aromatic carbocycles. The first kappa shape index (κ1) is 13.4. The van der Waals surface area contributed by atoms with Crippen molar-refractivity contribution in [1.29, 1.82) is 0 Å². The lowest BCUT2D eigenvalue weighted by Crippen LogP contribution is -2.31. The van der Waals surface area contributed by atoms with Gasteiger partial charge in [0.25, 0.3) is 0 Å². The molecular weight excluding hydrogens is 178 g/mol. The van der Waals surface area contributed by atoms with Crippen molar-refractivity contribution in [3.05, 3.63) is 0 Å². The molecule has 0 radical (unpaired) electrons. The van der Waals surface area contributed by atoms with E-state index in [-0.39, 0.29) is 11.8 Å². The van der Waals surface area contributed by atoms with E-state index in [4.69, 9.17) is 5.73 Å². The molecule has 0 rings (SSSR count). The van der Waals surface area contributed by atoms with Gasteiger partial charge in [-0.15, -0.1) is 0 Å². The zero-order valence-corrected chi connectivity index (χ0v) is 9.55. The third-order valence-corrected chi connectivity index (χ3v) is 2.15. The molecule has 3 N–H and O–H groups in total. The molecule has 0 aliphatic heterocycles. The van der Waals surface area contributed by atoms with Gasteiger partial charge in [-0.1, -0.05) is 6.92 Å². The lowest BCUT2D eigenvalue weighted by atomic mass is 10.1. The van der Waals surface area contributed by atoms with Crippen LogP contribution < -0.4 is 11.1 Å². The predicted molar refractivity (Wildman–Crippen MR) is 59.0 cm³/mol. The van der Waals surface area contributed by atoms with Crippen LogP contribution in [0, 0.1) is 5.92 Å². The summed E-state index contributed by atoms with van der Waals surface area (Å²) in [6.45, 7) is 4.62. The zero-order chi connectivity index (χ0) is 11.0. The summed E-state index contributed by atoms with van der Waals surface area (Å²) in [5.41, 5.74) is 5.13. The molecule has 0 aliphatic rings. The maximum atomic E-state index is 10.7. The molecule has 14 heavy (non-hydrogen) atoms. The Labute approximate surface area is 86.8 Å². The van der Waals surface area contributed by atoms with Crippen molar-refractivity contribution in [3.8, 4) is 0 Å². The van der Waals surface area contributed by atoms with E-state index >= 15 is 0 Å². The smallest absolute Gasteiger partial charge is 0.221 e. The highest BCUT2D eigenvalue weighted by Gasteiger charge is 2.06. The molecule has 0 bridgehead atoms. The van der Waals surface area contributed by atoms with Crippen LogP contribution in [-0.2, 0) is 4.79 Å². The molecule has 0 aliphatic carbocycles. The van der Waals surface area contributed by atoms with Gasteiger partial charge in [0.2, 0.25) is 5.91 Å². The van der Waals surface area contributed by atoms with Crippen LogP contribution >= 0.6 is 0 Å². The number of carbonyl (C=O) groups excluding carboxylic acids is 1. The molecule has 0 aromatic rings. The highest BCUT2D eigenvalue weighted by atomic mass is 16.1. The van der Waals surface area contributed by atoms with Crippen molar-refractivity contribution in [2.75, 3.05) is 33.7 Å². The Morgan fingerprint density at radius 2 is 2.07 bits per heavy atom. The van der Waals surface area contributed by atoms with Gasteiger partial charge in [0.15, 0.2) is 0 Å². The van der Waals surface area contributed by atoms with Crippen LogP contribution in [0.25, 0.3) is 0 Å². The number of carbonyl (C=O) groups is 1. The zero-order valence-electron chi connectivity index (χ0n) is 9.55. The third kappa shape index (κ3) is 8.01. The highest BCUT2D eigenvalue weighted by molar-refractivity contribution is 5.76. The summed E-state index contributed by atoms with van der Waals surface area (Å²) in [6, 6.07) is 0. The van der Waals surface area contributed by atoms with Crippen molar-refractivity contribution >= 4 is 5.91 Å². The first-order valence-corrected chi connectivity index (χ1v) is 5.18. The summed E-state index contributed by atoms with van der Waals surface area (Å²) in [4.78, 5) is 12.9. The molecule has 1 amide bonds. The van der Waals surface area contributed by atoms with Gasteiger partial charge in [-0.2, -0.15) is 0 Å². The van der Waals surface area contributed by atoms with Crippen LogP contribution in [0.5, 0.6) is 0 Å². The fourth-order valence-corrected chi connectivity index (χ4v) is 1.10. The molecule has 0 fully saturated rings. The van der Waals surface area contributed by atoms with Crippen LogP contribution in [0.15, 0.2) is 0 Å². The van der Waals surface area contributed by atoms with Gasteiger partial charge >= 0.3 is 0 Å². The van der Waals surface area contributed by atoms with E-state index in [0.29, 0.717) is 6.54 Å². The Morgan fingerprint density at radius 3 is 2.57 bits per heavy atom. The number of nitrogens with one attached hydrogen (secondary N) is 1. The van der Waals surface area contributed by atoms with Gasteiger partial charge in [-0.05, 0) is 40.0 Å². The fraction of sp³-hybridized carbons (Fsp3) is 0.900. The number of hydrogen-bond acceptors (Lipinski definition) is 3. The average Bonchev–Trinajstić information content (AvgIpc) is 2.09. The first-order valence-electron chi connectivity index (χ1n) is 5.18. The molecule has 0 saturated heterocycles. The van der Waals surface area contributed by atoms with Crippen molar-refractivity contribution < 1.29 is 4.79 Å². The summed E-state index contributed by atoms with van der Waals surface area (Å²) >= 11 is 0. The van der Waals surface area contributed by atoms with Gasteiger partial charge < -0.3 is 16.0 Å². The fourth-order valence-electron chi connectivity index (χ4n) is 1.10. The predicted octanol–water partition coefficient (Wildman–Crippen LogP) is 0.0392. The maximum absolute atomic E-state index is 10.7. The van der Waals surface area contributed by atoms with E-state index in [1.807, 2.05) is 6.92 Å². The monoisotopic (exact) mass is 201 g/mol. The summed E-state index contributed by atoms with van der Waals surface area (Å²) in [5.74, 6) is -0.297. The lowest BCUT2D eigenvalue weighted by Gasteiger charge is -2.10. The first-order chi connectivity index (χ1) is 6.54. The Balaban J connectivity index is 3.17. The minimum Gasteiger partial charge on any atom is -0.369 e. The molecule has 0 saturated carbocycles. The topological polar surface area (TPSA) is 58.4 Å². The maximum Gasteiger partial charge on any atom is 0.221 e. The normalized spacial score (nSPS) is 13.1. The number of amides is 1. The standard InChI is InChI=1S/C10H23N3O/c1-9(10(11)14)8-12-6-4-5-7-13(2)3/h9,12H,4-8H2,1-3H3,(H2,11,14). The summed E-state index contributed by atoms with van der Waals surface area (Å²) in [5, 5.41) is 3.22. The van der Waals surface area contributed by atoms with Crippen LogP contribution in [0.1, 0.15) is 19.8 Å². The van der Waals surface area contributed by atoms with E-state index in [1.165, 1.54) is 6.42 Å². The summed E-state index contributed by atoms with van der Waals surface area (Å²) in [7, 11) is 4.14. The number of rotatable bonds is 8. The Bertz CT molecular complexity index is 159. The molecule has 0 aromatic heterocycles. The molecule has 0 heterocycles. The largest absolute Gasteiger partial charge is 0.369 e. The van der Waals surface area contributed by atoms with Gasteiger partial charge in [-0.25, -0.2) is 0 Å². The molecule has 1 unspecified atom stereocenters. The minimum atomic E-state index is -0.231. The van der Waals surface area contributed by atoms with Crippen molar-refractivity contribution in [2.24, 2.45) is 11.7 Å². The quantitative estimate of drug-likeness (QED) is 0.545. The molecule has 1 atom stereocenters. The Hall–Kier alpha value is -0.610. The van der Waals surface area contributed by atoms with Gasteiger partial charge in [0.1, 0.15) is 0 Å². The van der Waals surface area contributed by atoms with Crippen LogP contribution in [0.2, 0.25) is 0 Å². The van der Waals surface area contributed by atoms with Crippen LogP contribution in [-0.4, -0.2) is 44.5 Å². The van der Waals surface area contributed by atoms with Gasteiger partial charge in [-0.3, -0.25) is 4.79 Å². The second-order valence-electron chi connectivity index (χ2n) is 4.02. The molecule has 0 spiro atoms. The number of primary amides is 1. The molecule has 84 valence electrons. The van der Waals surface area contributed by atoms with Crippen LogP contribution in [0.4, 0.5) is 0 Å². The highest BCUT2D eigenvalue weighted by Crippen LogP contribution is 1.92. The second kappa shape index (κ2) is 7.76. The van der Waals surface area contributed by atoms with E-state index in [2.05, 4.69) is 24.3 Å². The number of nitrogens with two attached hydrogens (primary N) is 1. The molecule has 4 heteroatoms. The lowest BCUT2D eigenvalue weighted by molar-refractivity contribution is -0.121. The van der Waals surface area contributed by atoms with Gasteiger partial charge in [0, 0.05) is 12.5 Å². The minimum absolute atomic E-state index is 0.0659. The number of unbranched alkanes of at least 4 members (excludes halogenated alkanes) is 1. The summed E-state index contributed by atoms with van der Waals surface area (Å²) < 4.78 is 0. The van der Waals surface area contributed by atoms with E-state index < -0.39 is 0 Å². The Morgan fingerprint density at radius 1 is 1.43 bits per heavy atom. The number of hydrogen-bond donors (Lipinski definition) is 2. The van der Waals surface area contributed by atoms with Crippen LogP contribution in [0.3, 0.4) is 0 Å².